The van der Waals surface area contributed by atoms with Gasteiger partial charge in [-0.05, 0) is 48.7 Å². The highest BCUT2D eigenvalue weighted by molar-refractivity contribution is 6.02. The first-order valence-corrected chi connectivity index (χ1v) is 9.21. The van der Waals surface area contributed by atoms with Gasteiger partial charge in [0.2, 0.25) is 0 Å². The van der Waals surface area contributed by atoms with Gasteiger partial charge >= 0.3 is 0 Å². The molecular weight excluding hydrogens is 348 g/mol. The van der Waals surface area contributed by atoms with Gasteiger partial charge in [-0.15, -0.1) is 0 Å². The van der Waals surface area contributed by atoms with E-state index in [-0.39, 0.29) is 5.78 Å². The van der Waals surface area contributed by atoms with Crippen molar-refractivity contribution in [1.29, 1.82) is 0 Å². The molecule has 4 rings (SSSR count). The summed E-state index contributed by atoms with van der Waals surface area (Å²) in [6, 6.07) is 21.3. The summed E-state index contributed by atoms with van der Waals surface area (Å²) >= 11 is 0. The van der Waals surface area contributed by atoms with Crippen LogP contribution in [0.5, 0.6) is 5.75 Å². The van der Waals surface area contributed by atoms with E-state index in [0.29, 0.717) is 17.7 Å². The largest absolute Gasteiger partial charge is 0.488 e. The Kier molecular flexibility index (Phi) is 4.66. The Labute approximate surface area is 164 Å². The molecule has 0 spiro atoms. The van der Waals surface area contributed by atoms with Crippen LogP contribution >= 0.6 is 0 Å². The van der Waals surface area contributed by atoms with Crippen LogP contribution in [0.2, 0.25) is 0 Å². The molecule has 0 N–H and O–H groups in total. The number of benzene rings is 3. The van der Waals surface area contributed by atoms with Crippen LogP contribution in [-0.4, -0.2) is 18.7 Å². The van der Waals surface area contributed by atoms with Crippen LogP contribution in [0.3, 0.4) is 0 Å². The van der Waals surface area contributed by atoms with Crippen LogP contribution in [0.1, 0.15) is 49.9 Å². The fraction of sp³-hybridized carbons (Fsp3) is 0.120. The second kappa shape index (κ2) is 7.28. The molecule has 1 heterocycles. The first-order valence-electron chi connectivity index (χ1n) is 9.21. The van der Waals surface area contributed by atoms with Crippen molar-refractivity contribution in [2.45, 2.75) is 13.8 Å². The molecule has 3 heteroatoms. The number of carbonyl (C=O) groups excluding carboxylic acids is 2. The van der Waals surface area contributed by atoms with E-state index in [0.717, 1.165) is 45.4 Å². The molecule has 1 aliphatic heterocycles. The van der Waals surface area contributed by atoms with Crippen molar-refractivity contribution < 1.29 is 14.3 Å². The average molecular weight is 368 g/mol. The zero-order chi connectivity index (χ0) is 19.7. The molecule has 1 aliphatic rings. The van der Waals surface area contributed by atoms with E-state index in [2.05, 4.69) is 13.0 Å². The smallest absolute Gasteiger partial charge is 0.159 e. The number of ketones is 1. The lowest BCUT2D eigenvalue weighted by molar-refractivity contribution is 0.101. The minimum absolute atomic E-state index is 0.0360. The molecule has 0 fully saturated rings. The van der Waals surface area contributed by atoms with Crippen LogP contribution in [0, 0.1) is 6.92 Å². The van der Waals surface area contributed by atoms with Gasteiger partial charge in [0.15, 0.2) is 5.78 Å². The monoisotopic (exact) mass is 368 g/mol. The quantitative estimate of drug-likeness (QED) is 0.460. The second-order valence-electron chi connectivity index (χ2n) is 7.02. The lowest BCUT2D eigenvalue weighted by Gasteiger charge is -2.14. The predicted molar refractivity (Wildman–Crippen MR) is 111 cm³/mol. The van der Waals surface area contributed by atoms with Gasteiger partial charge in [0, 0.05) is 22.3 Å². The van der Waals surface area contributed by atoms with Crippen LogP contribution in [0.15, 0.2) is 66.7 Å². The molecule has 3 nitrogen and oxygen atoms in total. The number of Topliss-reactive ketones (excluding diaryl/α,β-unsaturated/α-hetero) is 1. The first kappa shape index (κ1) is 17.9. The second-order valence-corrected chi connectivity index (χ2v) is 7.02. The first-order chi connectivity index (χ1) is 13.6. The van der Waals surface area contributed by atoms with E-state index in [1.54, 1.807) is 13.0 Å². The molecular formula is C25H20O3. The van der Waals surface area contributed by atoms with Gasteiger partial charge < -0.3 is 4.74 Å². The molecule has 28 heavy (non-hydrogen) atoms. The van der Waals surface area contributed by atoms with Gasteiger partial charge in [-0.2, -0.15) is 0 Å². The normalized spacial score (nSPS) is 14.2. The summed E-state index contributed by atoms with van der Waals surface area (Å²) in [5.74, 6) is 0.902. The fourth-order valence-corrected chi connectivity index (χ4v) is 3.59. The number of ether oxygens (including phenoxy) is 1. The summed E-state index contributed by atoms with van der Waals surface area (Å²) in [4.78, 5) is 23.0. The zero-order valence-corrected chi connectivity index (χ0v) is 15.9. The van der Waals surface area contributed by atoms with Gasteiger partial charge in [0.05, 0.1) is 0 Å². The average Bonchev–Trinajstić information content (AvgIpc) is 3.11. The van der Waals surface area contributed by atoms with Crippen LogP contribution in [-0.2, 0) is 0 Å². The highest BCUT2D eigenvalue weighted by Gasteiger charge is 2.23. The van der Waals surface area contributed by atoms with Crippen molar-refractivity contribution in [3.63, 3.8) is 0 Å². The van der Waals surface area contributed by atoms with Gasteiger partial charge in [-0.1, -0.05) is 54.1 Å². The molecule has 0 bridgehead atoms. The third-order valence-electron chi connectivity index (χ3n) is 5.03. The molecule has 3 aromatic carbocycles. The van der Waals surface area contributed by atoms with Crippen molar-refractivity contribution in [2.75, 3.05) is 6.61 Å². The van der Waals surface area contributed by atoms with E-state index in [4.69, 9.17) is 4.74 Å². The lowest BCUT2D eigenvalue weighted by atomic mass is 9.89. The van der Waals surface area contributed by atoms with E-state index in [9.17, 15) is 9.59 Å². The molecule has 3 aromatic rings. The number of aldehydes is 1. The third-order valence-corrected chi connectivity index (χ3v) is 5.03. The molecule has 0 aliphatic carbocycles. The van der Waals surface area contributed by atoms with Crippen LogP contribution in [0.4, 0.5) is 0 Å². The summed E-state index contributed by atoms with van der Waals surface area (Å²) in [6.45, 7) is 4.09. The maximum Gasteiger partial charge on any atom is 0.159 e. The van der Waals surface area contributed by atoms with Crippen LogP contribution < -0.4 is 4.74 Å². The van der Waals surface area contributed by atoms with E-state index in [1.165, 1.54) is 0 Å². The van der Waals surface area contributed by atoms with Gasteiger partial charge in [0.1, 0.15) is 18.6 Å². The van der Waals surface area contributed by atoms with Gasteiger partial charge in [0.25, 0.3) is 0 Å². The number of fused-ring (bicyclic) bond motifs is 1. The molecule has 0 saturated carbocycles. The number of aryl methyl sites for hydroxylation is 1. The number of hydrogen-bond acceptors (Lipinski definition) is 3. The molecule has 0 saturated heterocycles. The Bertz CT molecular complexity index is 1100. The minimum Gasteiger partial charge on any atom is -0.488 e. The molecule has 0 amide bonds. The maximum absolute atomic E-state index is 11.7. The number of rotatable bonds is 4. The van der Waals surface area contributed by atoms with Crippen molar-refractivity contribution in [2.24, 2.45) is 0 Å². The topological polar surface area (TPSA) is 43.4 Å². The highest BCUT2D eigenvalue weighted by atomic mass is 16.5. The summed E-state index contributed by atoms with van der Waals surface area (Å²) < 4.78 is 5.93. The summed E-state index contributed by atoms with van der Waals surface area (Å²) in [7, 11) is 0. The standard InChI is InChI=1S/C25H20O3/c1-16-6-11-24-22(12-16)23(15-28-24)25(21-5-3-4-18(13-21)14-26)20-9-7-19(8-10-20)17(2)27/h3-14H,15H2,1-2H3/b25-23-. The summed E-state index contributed by atoms with van der Waals surface area (Å²) in [6.07, 6.45) is 0.855. The van der Waals surface area contributed by atoms with Crippen molar-refractivity contribution in [3.8, 4) is 5.75 Å². The van der Waals surface area contributed by atoms with E-state index in [1.807, 2.05) is 54.6 Å². The Hall–Kier alpha value is -3.46. The van der Waals surface area contributed by atoms with E-state index >= 15 is 0 Å². The molecule has 0 aromatic heterocycles. The van der Waals surface area contributed by atoms with Crippen LogP contribution in [0.25, 0.3) is 11.1 Å². The van der Waals surface area contributed by atoms with Crippen molar-refractivity contribution in [1.82, 2.24) is 0 Å². The summed E-state index contributed by atoms with van der Waals surface area (Å²) in [5.41, 5.74) is 7.57. The predicted octanol–water partition coefficient (Wildman–Crippen LogP) is 5.36. The van der Waals surface area contributed by atoms with Gasteiger partial charge in [-0.3, -0.25) is 9.59 Å². The van der Waals surface area contributed by atoms with Crippen molar-refractivity contribution in [3.05, 3.63) is 100 Å². The zero-order valence-electron chi connectivity index (χ0n) is 15.9. The lowest BCUT2D eigenvalue weighted by Crippen LogP contribution is -1.99. The van der Waals surface area contributed by atoms with Gasteiger partial charge in [-0.25, -0.2) is 0 Å². The summed E-state index contributed by atoms with van der Waals surface area (Å²) in [5, 5.41) is 0. The number of hydrogen-bond donors (Lipinski definition) is 0. The fourth-order valence-electron chi connectivity index (χ4n) is 3.59. The molecule has 138 valence electrons. The Balaban J connectivity index is 1.96. The van der Waals surface area contributed by atoms with E-state index < -0.39 is 0 Å². The highest BCUT2D eigenvalue weighted by Crippen LogP contribution is 2.41. The Morgan fingerprint density at radius 1 is 0.929 bits per heavy atom. The Morgan fingerprint density at radius 3 is 2.39 bits per heavy atom. The molecule has 0 radical (unpaired) electrons. The number of carbonyl (C=O) groups is 2. The minimum atomic E-state index is 0.0360. The SMILES string of the molecule is CC(=O)c1ccc(/C(=C2\COc3ccc(C)cc32)c2cccc(C=O)c2)cc1. The molecule has 0 unspecified atom stereocenters. The van der Waals surface area contributed by atoms with Crippen molar-refractivity contribution >= 4 is 23.2 Å². The molecule has 0 atom stereocenters. The third kappa shape index (κ3) is 3.27. The Morgan fingerprint density at radius 2 is 1.68 bits per heavy atom. The maximum atomic E-state index is 11.7.